The van der Waals surface area contributed by atoms with Crippen molar-refractivity contribution in [3.8, 4) is 11.4 Å². The van der Waals surface area contributed by atoms with Gasteiger partial charge in [0.15, 0.2) is 0 Å². The zero-order valence-corrected chi connectivity index (χ0v) is 17.6. The van der Waals surface area contributed by atoms with Gasteiger partial charge in [-0.1, -0.05) is 39.8 Å². The molecular weight excluding hydrogens is 364 g/mol. The van der Waals surface area contributed by atoms with Crippen molar-refractivity contribution in [1.82, 2.24) is 9.78 Å². The summed E-state index contributed by atoms with van der Waals surface area (Å²) in [5, 5.41) is 10.5. The minimum atomic E-state index is -0.315. The van der Waals surface area contributed by atoms with Crippen molar-refractivity contribution in [1.29, 1.82) is 0 Å². The molecule has 2 aromatic carbocycles. The first kappa shape index (κ1) is 20.5. The molecule has 1 heterocycles. The second kappa shape index (κ2) is 8.39. The number of nitrogens with zero attached hydrogens (tertiary/aromatic N) is 2. The van der Waals surface area contributed by atoms with Gasteiger partial charge >= 0.3 is 6.03 Å². The lowest BCUT2D eigenvalue weighted by Gasteiger charge is -2.14. The van der Waals surface area contributed by atoms with E-state index in [-0.39, 0.29) is 11.4 Å². The Labute approximate surface area is 171 Å². The van der Waals surface area contributed by atoms with Crippen molar-refractivity contribution < 1.29 is 9.53 Å². The van der Waals surface area contributed by atoms with Gasteiger partial charge in [0.2, 0.25) is 0 Å². The average molecular weight is 393 g/mol. The number of amides is 2. The Kier molecular flexibility index (Phi) is 5.92. The molecule has 29 heavy (non-hydrogen) atoms. The molecule has 0 aliphatic rings. The highest BCUT2D eigenvalue weighted by Crippen LogP contribution is 2.27. The van der Waals surface area contributed by atoms with Crippen LogP contribution in [0.3, 0.4) is 0 Å². The van der Waals surface area contributed by atoms with Gasteiger partial charge in [-0.3, -0.25) is 5.32 Å². The van der Waals surface area contributed by atoms with Crippen molar-refractivity contribution in [2.24, 2.45) is 0 Å². The summed E-state index contributed by atoms with van der Waals surface area (Å²) < 4.78 is 6.97. The van der Waals surface area contributed by atoms with Gasteiger partial charge in [0.25, 0.3) is 0 Å². The molecular formula is C23H28N4O2. The van der Waals surface area contributed by atoms with E-state index in [2.05, 4.69) is 38.3 Å². The fraction of sp³-hybridized carbons (Fsp3) is 0.304. The maximum absolute atomic E-state index is 12.6. The normalized spacial score (nSPS) is 11.2. The van der Waals surface area contributed by atoms with Crippen molar-refractivity contribution in [2.75, 3.05) is 17.7 Å². The summed E-state index contributed by atoms with van der Waals surface area (Å²) in [6, 6.07) is 17.0. The number of hydrogen-bond acceptors (Lipinski definition) is 3. The zero-order valence-electron chi connectivity index (χ0n) is 17.6. The summed E-state index contributed by atoms with van der Waals surface area (Å²) in [4.78, 5) is 12.6. The minimum Gasteiger partial charge on any atom is -0.497 e. The van der Waals surface area contributed by atoms with E-state index in [9.17, 15) is 4.79 Å². The lowest BCUT2D eigenvalue weighted by atomic mass is 9.92. The first-order valence-electron chi connectivity index (χ1n) is 9.72. The highest BCUT2D eigenvalue weighted by Gasteiger charge is 2.21. The molecule has 0 atom stereocenters. The zero-order chi connectivity index (χ0) is 21.0. The van der Waals surface area contributed by atoms with Crippen LogP contribution in [0.4, 0.5) is 16.3 Å². The SMILES string of the molecule is CCc1ccc(NC(=O)Nc2cc(C(C)(C)C)nn2-c2ccc(OC)cc2)cc1. The van der Waals surface area contributed by atoms with E-state index < -0.39 is 0 Å². The molecule has 0 bridgehead atoms. The van der Waals surface area contributed by atoms with Crippen molar-refractivity contribution in [3.05, 3.63) is 65.9 Å². The molecule has 3 rings (SSSR count). The fourth-order valence-electron chi connectivity index (χ4n) is 2.86. The molecule has 6 nitrogen and oxygen atoms in total. The highest BCUT2D eigenvalue weighted by molar-refractivity contribution is 5.99. The predicted molar refractivity (Wildman–Crippen MR) is 117 cm³/mol. The summed E-state index contributed by atoms with van der Waals surface area (Å²) in [7, 11) is 1.63. The third-order valence-electron chi connectivity index (χ3n) is 4.66. The second-order valence-electron chi connectivity index (χ2n) is 7.90. The topological polar surface area (TPSA) is 68.2 Å². The number of aromatic nitrogens is 2. The van der Waals surface area contributed by atoms with E-state index >= 15 is 0 Å². The quantitative estimate of drug-likeness (QED) is 0.612. The molecule has 2 N–H and O–H groups in total. The van der Waals surface area contributed by atoms with E-state index in [1.165, 1.54) is 5.56 Å². The monoisotopic (exact) mass is 392 g/mol. The van der Waals surface area contributed by atoms with Crippen molar-refractivity contribution in [2.45, 2.75) is 39.5 Å². The largest absolute Gasteiger partial charge is 0.497 e. The fourth-order valence-corrected chi connectivity index (χ4v) is 2.86. The highest BCUT2D eigenvalue weighted by atomic mass is 16.5. The van der Waals surface area contributed by atoms with Gasteiger partial charge in [0, 0.05) is 17.2 Å². The smallest absolute Gasteiger partial charge is 0.324 e. The Balaban J connectivity index is 1.85. The molecule has 1 aromatic heterocycles. The average Bonchev–Trinajstić information content (AvgIpc) is 3.12. The molecule has 6 heteroatoms. The number of nitrogens with one attached hydrogen (secondary N) is 2. The molecule has 0 aliphatic heterocycles. The Morgan fingerprint density at radius 3 is 2.24 bits per heavy atom. The van der Waals surface area contributed by atoms with Gasteiger partial charge in [0.05, 0.1) is 18.5 Å². The number of urea groups is 1. The first-order valence-corrected chi connectivity index (χ1v) is 9.72. The van der Waals surface area contributed by atoms with Crippen LogP contribution in [0.5, 0.6) is 5.75 Å². The number of methoxy groups -OCH3 is 1. The van der Waals surface area contributed by atoms with E-state index in [4.69, 9.17) is 9.84 Å². The second-order valence-corrected chi connectivity index (χ2v) is 7.90. The number of hydrogen-bond donors (Lipinski definition) is 2. The summed E-state index contributed by atoms with van der Waals surface area (Å²) >= 11 is 0. The van der Waals surface area contributed by atoms with E-state index in [0.29, 0.717) is 5.82 Å². The molecule has 0 spiro atoms. The maximum atomic E-state index is 12.6. The Morgan fingerprint density at radius 1 is 1.03 bits per heavy atom. The number of rotatable bonds is 5. The van der Waals surface area contributed by atoms with Gasteiger partial charge < -0.3 is 10.1 Å². The molecule has 0 fully saturated rings. The van der Waals surface area contributed by atoms with Crippen LogP contribution >= 0.6 is 0 Å². The Bertz CT molecular complexity index is 968. The van der Waals surface area contributed by atoms with Gasteiger partial charge in [0.1, 0.15) is 11.6 Å². The van der Waals surface area contributed by atoms with Crippen LogP contribution in [-0.4, -0.2) is 22.9 Å². The third kappa shape index (κ3) is 4.96. The van der Waals surface area contributed by atoms with E-state index in [1.54, 1.807) is 11.8 Å². The number of benzene rings is 2. The summed E-state index contributed by atoms with van der Waals surface area (Å²) in [6.45, 7) is 8.37. The lowest BCUT2D eigenvalue weighted by Crippen LogP contribution is -2.21. The van der Waals surface area contributed by atoms with E-state index in [1.807, 2.05) is 54.6 Å². The van der Waals surface area contributed by atoms with Crippen LogP contribution in [0.1, 0.15) is 39.0 Å². The van der Waals surface area contributed by atoms with Crippen LogP contribution in [0.15, 0.2) is 54.6 Å². The van der Waals surface area contributed by atoms with Gasteiger partial charge in [-0.25, -0.2) is 9.48 Å². The molecule has 152 valence electrons. The van der Waals surface area contributed by atoms with Gasteiger partial charge in [-0.15, -0.1) is 0 Å². The number of carbonyl (C=O) groups excluding carboxylic acids is 1. The number of ether oxygens (including phenoxy) is 1. The molecule has 0 saturated heterocycles. The standard InChI is InChI=1S/C23H28N4O2/c1-6-16-7-9-17(10-8-16)24-22(28)25-21-15-20(23(2,3)4)26-27(21)18-11-13-19(29-5)14-12-18/h7-15H,6H2,1-5H3,(H2,24,25,28). The maximum Gasteiger partial charge on any atom is 0.324 e. The van der Waals surface area contributed by atoms with Crippen LogP contribution in [0.2, 0.25) is 0 Å². The Hall–Kier alpha value is -3.28. The molecule has 0 saturated carbocycles. The van der Waals surface area contributed by atoms with E-state index in [0.717, 1.165) is 29.2 Å². The lowest BCUT2D eigenvalue weighted by molar-refractivity contribution is 0.262. The minimum absolute atomic E-state index is 0.152. The molecule has 0 aliphatic carbocycles. The number of carbonyl (C=O) groups is 1. The Morgan fingerprint density at radius 2 is 1.69 bits per heavy atom. The molecule has 0 unspecified atom stereocenters. The van der Waals surface area contributed by atoms with Crippen LogP contribution in [0.25, 0.3) is 5.69 Å². The predicted octanol–water partition coefficient (Wildman–Crippen LogP) is 5.38. The van der Waals surface area contributed by atoms with Crippen molar-refractivity contribution >= 4 is 17.5 Å². The van der Waals surface area contributed by atoms with Crippen LogP contribution < -0.4 is 15.4 Å². The summed E-state index contributed by atoms with van der Waals surface area (Å²) in [5.41, 5.74) is 3.54. The molecule has 0 radical (unpaired) electrons. The van der Waals surface area contributed by atoms with Gasteiger partial charge in [-0.2, -0.15) is 5.10 Å². The van der Waals surface area contributed by atoms with Gasteiger partial charge in [-0.05, 0) is 48.4 Å². The third-order valence-corrected chi connectivity index (χ3v) is 4.66. The first-order chi connectivity index (χ1) is 13.8. The van der Waals surface area contributed by atoms with Crippen LogP contribution in [0, 0.1) is 0 Å². The summed E-state index contributed by atoms with van der Waals surface area (Å²) in [5.74, 6) is 1.36. The molecule has 2 amide bonds. The number of anilines is 2. The van der Waals surface area contributed by atoms with Crippen LogP contribution in [-0.2, 0) is 11.8 Å². The van der Waals surface area contributed by atoms with Crippen molar-refractivity contribution in [3.63, 3.8) is 0 Å². The molecule has 3 aromatic rings. The summed E-state index contributed by atoms with van der Waals surface area (Å²) in [6.07, 6.45) is 0.961. The number of aryl methyl sites for hydroxylation is 1.